The molecule has 0 aromatic heterocycles. The number of nitrogens with zero attached hydrogens (tertiary/aromatic N) is 1. The first-order chi connectivity index (χ1) is 9.13. The predicted molar refractivity (Wildman–Crippen MR) is 71.9 cm³/mol. The van der Waals surface area contributed by atoms with Crippen molar-refractivity contribution >= 4 is 17.6 Å². The Morgan fingerprint density at radius 3 is 2.47 bits per heavy atom. The van der Waals surface area contributed by atoms with Crippen molar-refractivity contribution in [1.29, 1.82) is 0 Å². The number of anilines is 1. The molecule has 1 fully saturated rings. The summed E-state index contributed by atoms with van der Waals surface area (Å²) >= 11 is 0. The largest absolute Gasteiger partial charge is 0.480 e. The molecule has 1 saturated carbocycles. The van der Waals surface area contributed by atoms with Crippen LogP contribution in [0.3, 0.4) is 0 Å². The van der Waals surface area contributed by atoms with Crippen LogP contribution in [0.4, 0.5) is 5.69 Å². The van der Waals surface area contributed by atoms with Gasteiger partial charge >= 0.3 is 5.97 Å². The fourth-order valence-corrected chi connectivity index (χ4v) is 1.97. The molecular formula is C14H18N2O3. The van der Waals surface area contributed by atoms with E-state index in [1.165, 1.54) is 0 Å². The van der Waals surface area contributed by atoms with E-state index < -0.39 is 5.97 Å². The minimum atomic E-state index is -0.895. The third-order valence-electron chi connectivity index (χ3n) is 3.00. The van der Waals surface area contributed by atoms with E-state index in [4.69, 9.17) is 5.11 Å². The minimum absolute atomic E-state index is 0.0846. The number of para-hydroxylation sites is 1. The van der Waals surface area contributed by atoms with E-state index in [9.17, 15) is 9.59 Å². The molecule has 0 unspecified atom stereocenters. The van der Waals surface area contributed by atoms with Gasteiger partial charge in [-0.15, -0.1) is 0 Å². The lowest BCUT2D eigenvalue weighted by molar-refractivity contribution is -0.138. The van der Waals surface area contributed by atoms with Gasteiger partial charge in [-0.3, -0.25) is 14.5 Å². The highest BCUT2D eigenvalue weighted by Gasteiger charge is 2.26. The molecule has 0 radical (unpaired) electrons. The Balaban J connectivity index is 1.84. The van der Waals surface area contributed by atoms with Crippen molar-refractivity contribution in [2.75, 3.05) is 25.0 Å². The van der Waals surface area contributed by atoms with E-state index in [0.717, 1.165) is 18.5 Å². The summed E-state index contributed by atoms with van der Waals surface area (Å²) in [4.78, 5) is 24.3. The maximum absolute atomic E-state index is 11.9. The number of aliphatic carboxylic acids is 1. The standard InChI is InChI=1S/C14H18N2O3/c17-13(15-12-4-2-1-3-5-12)9-16(10-14(18)19)8-11-6-7-11/h1-5,11H,6-10H2,(H,15,17)(H,18,19). The third kappa shape index (κ3) is 5.09. The van der Waals surface area contributed by atoms with E-state index in [2.05, 4.69) is 5.32 Å². The van der Waals surface area contributed by atoms with Crippen LogP contribution >= 0.6 is 0 Å². The van der Waals surface area contributed by atoms with E-state index >= 15 is 0 Å². The van der Waals surface area contributed by atoms with Gasteiger partial charge in [0.25, 0.3) is 0 Å². The van der Waals surface area contributed by atoms with Crippen LogP contribution in [0.25, 0.3) is 0 Å². The van der Waals surface area contributed by atoms with E-state index in [0.29, 0.717) is 12.5 Å². The lowest BCUT2D eigenvalue weighted by atomic mass is 10.3. The van der Waals surface area contributed by atoms with Crippen LogP contribution in [0.1, 0.15) is 12.8 Å². The summed E-state index contributed by atoms with van der Waals surface area (Å²) < 4.78 is 0. The van der Waals surface area contributed by atoms with Gasteiger partial charge in [0, 0.05) is 12.2 Å². The van der Waals surface area contributed by atoms with Crippen LogP contribution in [-0.2, 0) is 9.59 Å². The van der Waals surface area contributed by atoms with Crippen LogP contribution in [0, 0.1) is 5.92 Å². The fourth-order valence-electron chi connectivity index (χ4n) is 1.97. The first-order valence-electron chi connectivity index (χ1n) is 6.42. The van der Waals surface area contributed by atoms with Gasteiger partial charge in [0.15, 0.2) is 0 Å². The molecular weight excluding hydrogens is 244 g/mol. The molecule has 0 bridgehead atoms. The molecule has 1 aliphatic rings. The van der Waals surface area contributed by atoms with Gasteiger partial charge in [0.1, 0.15) is 0 Å². The van der Waals surface area contributed by atoms with Crippen molar-refractivity contribution in [3.05, 3.63) is 30.3 Å². The van der Waals surface area contributed by atoms with Crippen LogP contribution < -0.4 is 5.32 Å². The second kappa shape index (κ2) is 6.33. The van der Waals surface area contributed by atoms with Gasteiger partial charge in [0.2, 0.25) is 5.91 Å². The van der Waals surface area contributed by atoms with Gasteiger partial charge in [-0.05, 0) is 30.9 Å². The topological polar surface area (TPSA) is 69.6 Å². The van der Waals surface area contributed by atoms with Crippen molar-refractivity contribution in [1.82, 2.24) is 4.90 Å². The number of hydrogen-bond acceptors (Lipinski definition) is 3. The molecule has 0 aliphatic heterocycles. The number of benzene rings is 1. The Bertz CT molecular complexity index is 443. The third-order valence-corrected chi connectivity index (χ3v) is 3.00. The van der Waals surface area contributed by atoms with Gasteiger partial charge in [0.05, 0.1) is 13.1 Å². The molecule has 0 atom stereocenters. The second-order valence-electron chi connectivity index (χ2n) is 4.92. The Morgan fingerprint density at radius 1 is 1.21 bits per heavy atom. The molecule has 1 aliphatic carbocycles. The molecule has 0 heterocycles. The summed E-state index contributed by atoms with van der Waals surface area (Å²) in [7, 11) is 0. The van der Waals surface area contributed by atoms with Crippen LogP contribution in [0.15, 0.2) is 30.3 Å². The zero-order valence-corrected chi connectivity index (χ0v) is 10.7. The zero-order chi connectivity index (χ0) is 13.7. The first-order valence-corrected chi connectivity index (χ1v) is 6.42. The SMILES string of the molecule is O=C(O)CN(CC(=O)Nc1ccccc1)CC1CC1. The fraction of sp³-hybridized carbons (Fsp3) is 0.429. The lowest BCUT2D eigenvalue weighted by Crippen LogP contribution is -2.38. The van der Waals surface area contributed by atoms with Gasteiger partial charge < -0.3 is 10.4 Å². The van der Waals surface area contributed by atoms with Crippen LogP contribution in [-0.4, -0.2) is 41.5 Å². The molecule has 2 rings (SSSR count). The van der Waals surface area contributed by atoms with Crippen molar-refractivity contribution in [2.45, 2.75) is 12.8 Å². The first kappa shape index (κ1) is 13.5. The number of hydrogen-bond donors (Lipinski definition) is 2. The highest BCUT2D eigenvalue weighted by atomic mass is 16.4. The molecule has 5 nitrogen and oxygen atoms in total. The minimum Gasteiger partial charge on any atom is -0.480 e. The Hall–Kier alpha value is -1.88. The Labute approximate surface area is 112 Å². The molecule has 1 aromatic rings. The average Bonchev–Trinajstić information content (AvgIpc) is 3.13. The van der Waals surface area contributed by atoms with Gasteiger partial charge in [-0.2, -0.15) is 0 Å². The second-order valence-corrected chi connectivity index (χ2v) is 4.92. The lowest BCUT2D eigenvalue weighted by Gasteiger charge is -2.19. The predicted octanol–water partition coefficient (Wildman–Crippen LogP) is 1.42. The maximum atomic E-state index is 11.9. The summed E-state index contributed by atoms with van der Waals surface area (Å²) in [6.45, 7) is 0.727. The maximum Gasteiger partial charge on any atom is 0.317 e. The highest BCUT2D eigenvalue weighted by molar-refractivity contribution is 5.92. The Kier molecular flexibility index (Phi) is 4.52. The van der Waals surface area contributed by atoms with E-state index in [1.807, 2.05) is 18.2 Å². The number of nitrogens with one attached hydrogen (secondary N) is 1. The Morgan fingerprint density at radius 2 is 1.89 bits per heavy atom. The number of carbonyl (C=O) groups excluding carboxylic acids is 1. The van der Waals surface area contributed by atoms with Crippen molar-refractivity contribution in [2.24, 2.45) is 5.92 Å². The summed E-state index contributed by atoms with van der Waals surface area (Å²) in [6.07, 6.45) is 2.27. The molecule has 1 amide bonds. The summed E-state index contributed by atoms with van der Waals surface area (Å²) in [5.41, 5.74) is 0.731. The quantitative estimate of drug-likeness (QED) is 0.779. The number of carboxylic acids is 1. The number of amides is 1. The summed E-state index contributed by atoms with van der Waals surface area (Å²) in [6, 6.07) is 9.17. The number of carboxylic acid groups (broad SMARTS) is 1. The monoisotopic (exact) mass is 262 g/mol. The molecule has 1 aromatic carbocycles. The van der Waals surface area contributed by atoms with Crippen molar-refractivity contribution in [3.8, 4) is 0 Å². The van der Waals surface area contributed by atoms with Crippen LogP contribution in [0.5, 0.6) is 0 Å². The smallest absolute Gasteiger partial charge is 0.317 e. The molecule has 0 spiro atoms. The zero-order valence-electron chi connectivity index (χ0n) is 10.7. The molecule has 2 N–H and O–H groups in total. The molecule has 0 saturated heterocycles. The average molecular weight is 262 g/mol. The van der Waals surface area contributed by atoms with Gasteiger partial charge in [-0.25, -0.2) is 0 Å². The number of rotatable bonds is 7. The summed E-state index contributed by atoms with van der Waals surface area (Å²) in [5.74, 6) is -0.509. The van der Waals surface area contributed by atoms with Crippen molar-refractivity contribution in [3.63, 3.8) is 0 Å². The van der Waals surface area contributed by atoms with Gasteiger partial charge in [-0.1, -0.05) is 18.2 Å². The van der Waals surface area contributed by atoms with Crippen LogP contribution in [0.2, 0.25) is 0 Å². The molecule has 5 heteroatoms. The highest BCUT2D eigenvalue weighted by Crippen LogP contribution is 2.29. The normalized spacial score (nSPS) is 14.4. The van der Waals surface area contributed by atoms with Crippen molar-refractivity contribution < 1.29 is 14.7 Å². The summed E-state index contributed by atoms with van der Waals surface area (Å²) in [5, 5.41) is 11.6. The van der Waals surface area contributed by atoms with E-state index in [-0.39, 0.29) is 19.0 Å². The van der Waals surface area contributed by atoms with E-state index in [1.54, 1.807) is 17.0 Å². The molecule has 19 heavy (non-hydrogen) atoms. The number of carbonyl (C=O) groups is 2. The molecule has 102 valence electrons.